The minimum absolute atomic E-state index is 0.0414. The molecular weight excluding hydrogens is 360 g/mol. The number of carbonyl (C=O) groups is 1. The van der Waals surface area contributed by atoms with Gasteiger partial charge in [-0.15, -0.1) is 0 Å². The fourth-order valence-electron chi connectivity index (χ4n) is 4.23. The summed E-state index contributed by atoms with van der Waals surface area (Å²) in [6, 6.07) is 5.77. The van der Waals surface area contributed by atoms with Crippen LogP contribution in [-0.2, 0) is 25.4 Å². The predicted molar refractivity (Wildman–Crippen MR) is 102 cm³/mol. The molecule has 0 radical (unpaired) electrons. The van der Waals surface area contributed by atoms with Gasteiger partial charge in [0.15, 0.2) is 11.5 Å². The third-order valence-electron chi connectivity index (χ3n) is 5.85. The van der Waals surface area contributed by atoms with E-state index in [-0.39, 0.29) is 23.9 Å². The van der Waals surface area contributed by atoms with Gasteiger partial charge < -0.3 is 23.7 Å². The molecular formula is C22H26O6. The van der Waals surface area contributed by atoms with Crippen LogP contribution in [0.2, 0.25) is 0 Å². The first-order valence-corrected chi connectivity index (χ1v) is 9.55. The first-order valence-electron chi connectivity index (χ1n) is 9.55. The van der Waals surface area contributed by atoms with E-state index in [4.69, 9.17) is 23.7 Å². The summed E-state index contributed by atoms with van der Waals surface area (Å²) in [5.41, 5.74) is 1.76. The van der Waals surface area contributed by atoms with Crippen molar-refractivity contribution in [2.45, 2.75) is 31.5 Å². The summed E-state index contributed by atoms with van der Waals surface area (Å²) in [4.78, 5) is 12.4. The average molecular weight is 386 g/mol. The van der Waals surface area contributed by atoms with Gasteiger partial charge in [0, 0.05) is 5.92 Å². The Balaban J connectivity index is 1.49. The van der Waals surface area contributed by atoms with Crippen LogP contribution in [0.4, 0.5) is 0 Å². The molecule has 4 atom stereocenters. The Morgan fingerprint density at radius 1 is 1.18 bits per heavy atom. The number of methoxy groups -OCH3 is 2. The molecule has 150 valence electrons. The van der Waals surface area contributed by atoms with E-state index in [0.29, 0.717) is 31.3 Å². The van der Waals surface area contributed by atoms with Crippen molar-refractivity contribution in [2.75, 3.05) is 27.6 Å². The van der Waals surface area contributed by atoms with Crippen LogP contribution in [0.5, 0.6) is 11.5 Å². The molecule has 0 saturated carbocycles. The smallest absolute Gasteiger partial charge is 0.309 e. The second-order valence-corrected chi connectivity index (χ2v) is 7.71. The lowest BCUT2D eigenvalue weighted by Crippen LogP contribution is -2.35. The maximum Gasteiger partial charge on any atom is 0.309 e. The lowest BCUT2D eigenvalue weighted by Gasteiger charge is -2.28. The summed E-state index contributed by atoms with van der Waals surface area (Å²) < 4.78 is 27.4. The van der Waals surface area contributed by atoms with Gasteiger partial charge in [-0.05, 0) is 49.1 Å². The number of carbonyl (C=O) groups excluding carboxylic acids is 1. The van der Waals surface area contributed by atoms with Crippen molar-refractivity contribution in [3.8, 4) is 11.5 Å². The topological polar surface area (TPSA) is 63.2 Å². The summed E-state index contributed by atoms with van der Waals surface area (Å²) in [6.07, 6.45) is 7.59. The molecule has 2 fully saturated rings. The van der Waals surface area contributed by atoms with E-state index in [1.165, 1.54) is 0 Å². The fourth-order valence-corrected chi connectivity index (χ4v) is 4.23. The number of ether oxygens (including phenoxy) is 5. The maximum atomic E-state index is 12.4. The number of allylic oxidation sites excluding steroid dienone is 2. The van der Waals surface area contributed by atoms with Gasteiger partial charge in [0.2, 0.25) is 0 Å². The highest BCUT2D eigenvalue weighted by atomic mass is 16.7. The monoisotopic (exact) mass is 386 g/mol. The molecule has 6 heteroatoms. The average Bonchev–Trinajstić information content (AvgIpc) is 3.24. The number of benzene rings is 1. The summed E-state index contributed by atoms with van der Waals surface area (Å²) in [7, 11) is 3.22. The van der Waals surface area contributed by atoms with E-state index in [1.807, 2.05) is 31.2 Å². The molecule has 2 unspecified atom stereocenters. The van der Waals surface area contributed by atoms with Gasteiger partial charge >= 0.3 is 5.97 Å². The quantitative estimate of drug-likeness (QED) is 0.701. The predicted octanol–water partition coefficient (Wildman–Crippen LogP) is 3.05. The highest BCUT2D eigenvalue weighted by Crippen LogP contribution is 2.38. The van der Waals surface area contributed by atoms with Gasteiger partial charge in [0.05, 0.1) is 26.7 Å². The zero-order valence-corrected chi connectivity index (χ0v) is 16.5. The fraction of sp³-hybridized carbons (Fsp3) is 0.500. The van der Waals surface area contributed by atoms with E-state index in [9.17, 15) is 4.79 Å². The second kappa shape index (κ2) is 7.60. The third kappa shape index (κ3) is 3.54. The van der Waals surface area contributed by atoms with E-state index in [1.54, 1.807) is 14.2 Å². The molecule has 0 N–H and O–H groups in total. The van der Waals surface area contributed by atoms with Crippen molar-refractivity contribution in [1.29, 1.82) is 0 Å². The van der Waals surface area contributed by atoms with Crippen molar-refractivity contribution in [3.05, 3.63) is 47.6 Å². The van der Waals surface area contributed by atoms with Crippen LogP contribution in [0.1, 0.15) is 18.9 Å². The Bertz CT molecular complexity index is 813. The van der Waals surface area contributed by atoms with Crippen molar-refractivity contribution in [3.63, 3.8) is 0 Å². The van der Waals surface area contributed by atoms with Crippen LogP contribution in [0, 0.1) is 11.8 Å². The first-order chi connectivity index (χ1) is 13.5. The van der Waals surface area contributed by atoms with Crippen LogP contribution in [0.3, 0.4) is 0 Å². The number of esters is 1. The lowest BCUT2D eigenvalue weighted by atomic mass is 9.81. The molecule has 1 aromatic rings. The molecule has 0 amide bonds. The van der Waals surface area contributed by atoms with Crippen LogP contribution in [-0.4, -0.2) is 45.3 Å². The largest absolute Gasteiger partial charge is 0.493 e. The highest BCUT2D eigenvalue weighted by Gasteiger charge is 2.42. The molecule has 1 aliphatic carbocycles. The van der Waals surface area contributed by atoms with Gasteiger partial charge in [0.25, 0.3) is 0 Å². The zero-order valence-electron chi connectivity index (χ0n) is 16.5. The van der Waals surface area contributed by atoms with Crippen molar-refractivity contribution < 1.29 is 28.5 Å². The summed E-state index contributed by atoms with van der Waals surface area (Å²) >= 11 is 0. The summed E-state index contributed by atoms with van der Waals surface area (Å²) in [6.45, 7) is 2.79. The molecule has 2 aliphatic heterocycles. The zero-order chi connectivity index (χ0) is 19.7. The minimum atomic E-state index is -0.424. The Labute approximate surface area is 165 Å². The molecule has 0 aromatic heterocycles. The Morgan fingerprint density at radius 2 is 2.00 bits per heavy atom. The first kappa shape index (κ1) is 19.0. The standard InChI is InChI=1S/C22H26O6/c1-22-11-15(5-7-20(22)27-13-28-22)8-16-12-26-21(23)17(16)9-14-4-6-18(24-2)19(10-14)25-3/h4-7,10-11,16-17,20H,8-9,12-13H2,1-3H3/t16-,17+,20?,22?/m1/s1. The van der Waals surface area contributed by atoms with Gasteiger partial charge in [-0.25, -0.2) is 0 Å². The van der Waals surface area contributed by atoms with Gasteiger partial charge in [0.1, 0.15) is 18.5 Å². The van der Waals surface area contributed by atoms with Crippen LogP contribution >= 0.6 is 0 Å². The Hall–Kier alpha value is -2.31. The van der Waals surface area contributed by atoms with E-state index in [2.05, 4.69) is 12.2 Å². The molecule has 3 aliphatic rings. The molecule has 1 aromatic carbocycles. The van der Waals surface area contributed by atoms with Crippen molar-refractivity contribution in [1.82, 2.24) is 0 Å². The molecule has 2 heterocycles. The van der Waals surface area contributed by atoms with Crippen molar-refractivity contribution >= 4 is 5.97 Å². The summed E-state index contributed by atoms with van der Waals surface area (Å²) in [5.74, 6) is 1.15. The van der Waals surface area contributed by atoms with Crippen LogP contribution in [0.15, 0.2) is 42.0 Å². The number of rotatable bonds is 6. The van der Waals surface area contributed by atoms with Gasteiger partial charge in [-0.1, -0.05) is 18.2 Å². The van der Waals surface area contributed by atoms with Crippen LogP contribution in [0.25, 0.3) is 0 Å². The lowest BCUT2D eigenvalue weighted by molar-refractivity contribution is -0.141. The molecule has 0 bridgehead atoms. The maximum absolute atomic E-state index is 12.4. The molecule has 28 heavy (non-hydrogen) atoms. The molecule has 6 nitrogen and oxygen atoms in total. The van der Waals surface area contributed by atoms with Gasteiger partial charge in [-0.2, -0.15) is 0 Å². The van der Waals surface area contributed by atoms with Gasteiger partial charge in [-0.3, -0.25) is 4.79 Å². The van der Waals surface area contributed by atoms with E-state index in [0.717, 1.165) is 17.6 Å². The molecule has 0 spiro atoms. The van der Waals surface area contributed by atoms with E-state index < -0.39 is 5.60 Å². The SMILES string of the molecule is COc1ccc(C[C@@H]2C(=O)OC[C@H]2CC2=CC3(C)OCOC3C=C2)cc1OC. The van der Waals surface area contributed by atoms with Crippen molar-refractivity contribution in [2.24, 2.45) is 11.8 Å². The Kier molecular flexibility index (Phi) is 5.17. The second-order valence-electron chi connectivity index (χ2n) is 7.71. The third-order valence-corrected chi connectivity index (χ3v) is 5.85. The normalized spacial score (nSPS) is 31.3. The number of hydrogen-bond donors (Lipinski definition) is 0. The number of fused-ring (bicyclic) bond motifs is 1. The number of cyclic esters (lactones) is 1. The van der Waals surface area contributed by atoms with Crippen LogP contribution < -0.4 is 9.47 Å². The molecule has 2 saturated heterocycles. The van der Waals surface area contributed by atoms with E-state index >= 15 is 0 Å². The Morgan fingerprint density at radius 3 is 2.79 bits per heavy atom. The minimum Gasteiger partial charge on any atom is -0.493 e. The highest BCUT2D eigenvalue weighted by molar-refractivity contribution is 5.75. The summed E-state index contributed by atoms with van der Waals surface area (Å²) in [5, 5.41) is 0. The number of hydrogen-bond acceptors (Lipinski definition) is 6. The molecule has 4 rings (SSSR count).